The van der Waals surface area contributed by atoms with E-state index in [2.05, 4.69) is 15.6 Å². The number of nitrogens with one attached hydrogen (secondary N) is 2. The second kappa shape index (κ2) is 8.85. The van der Waals surface area contributed by atoms with Gasteiger partial charge in [-0.25, -0.2) is 8.78 Å². The molecule has 3 rings (SSSR count). The van der Waals surface area contributed by atoms with Crippen molar-refractivity contribution in [3.05, 3.63) is 95.3 Å². The highest BCUT2D eigenvalue weighted by Gasteiger charge is 2.12. The predicted molar refractivity (Wildman–Crippen MR) is 101 cm³/mol. The average Bonchev–Trinajstić information content (AvgIpc) is 2.69. The van der Waals surface area contributed by atoms with Crippen LogP contribution in [0.5, 0.6) is 0 Å². The maximum atomic E-state index is 13.6. The summed E-state index contributed by atoms with van der Waals surface area (Å²) in [5.74, 6) is -1.77. The minimum Gasteiger partial charge on any atom is -0.350 e. The fourth-order valence-corrected chi connectivity index (χ4v) is 2.57. The summed E-state index contributed by atoms with van der Waals surface area (Å²) in [5, 5.41) is 5.20. The largest absolute Gasteiger partial charge is 0.350 e. The van der Waals surface area contributed by atoms with Crippen molar-refractivity contribution >= 4 is 17.5 Å². The van der Waals surface area contributed by atoms with Gasteiger partial charge in [-0.05, 0) is 48.4 Å². The Labute approximate surface area is 160 Å². The Balaban J connectivity index is 1.61. The molecular formula is C21H17F2N3O2. The van der Waals surface area contributed by atoms with Crippen LogP contribution in [0.1, 0.15) is 26.4 Å². The number of hydrogen-bond acceptors (Lipinski definition) is 3. The third-order valence-electron chi connectivity index (χ3n) is 3.97. The van der Waals surface area contributed by atoms with Crippen molar-refractivity contribution in [2.45, 2.75) is 6.42 Å². The van der Waals surface area contributed by atoms with Gasteiger partial charge in [-0.1, -0.05) is 24.3 Å². The number of pyridine rings is 1. The van der Waals surface area contributed by atoms with Crippen molar-refractivity contribution in [3.63, 3.8) is 0 Å². The molecule has 28 heavy (non-hydrogen) atoms. The van der Waals surface area contributed by atoms with Gasteiger partial charge in [-0.2, -0.15) is 0 Å². The second-order valence-corrected chi connectivity index (χ2v) is 5.99. The van der Waals surface area contributed by atoms with E-state index in [-0.39, 0.29) is 23.6 Å². The minimum absolute atomic E-state index is 0.0559. The van der Waals surface area contributed by atoms with E-state index in [1.807, 2.05) is 0 Å². The normalized spacial score (nSPS) is 10.4. The van der Waals surface area contributed by atoms with E-state index in [4.69, 9.17) is 0 Å². The zero-order chi connectivity index (χ0) is 19.9. The fraction of sp³-hybridized carbons (Fsp3) is 0.0952. The summed E-state index contributed by atoms with van der Waals surface area (Å²) in [5.41, 5.74) is 1.07. The van der Waals surface area contributed by atoms with E-state index >= 15 is 0 Å². The zero-order valence-corrected chi connectivity index (χ0v) is 14.8. The van der Waals surface area contributed by atoms with Gasteiger partial charge in [0.2, 0.25) is 0 Å². The first-order chi connectivity index (χ1) is 13.5. The number of benzene rings is 2. The summed E-state index contributed by atoms with van der Waals surface area (Å²) < 4.78 is 26.8. The van der Waals surface area contributed by atoms with Gasteiger partial charge in [0.25, 0.3) is 11.8 Å². The molecule has 0 radical (unpaired) electrons. The molecule has 1 heterocycles. The SMILES string of the molecule is O=C(Nc1cccc(F)c1)c1ccnc(C(=O)NCCc2ccccc2F)c1. The van der Waals surface area contributed by atoms with Crippen LogP contribution >= 0.6 is 0 Å². The van der Waals surface area contributed by atoms with Crippen LogP contribution in [-0.2, 0) is 6.42 Å². The van der Waals surface area contributed by atoms with Crippen molar-refractivity contribution in [3.8, 4) is 0 Å². The summed E-state index contributed by atoms with van der Waals surface area (Å²) in [7, 11) is 0. The average molecular weight is 381 g/mol. The molecule has 7 heteroatoms. The number of amides is 2. The van der Waals surface area contributed by atoms with Gasteiger partial charge in [0.05, 0.1) is 0 Å². The Bertz CT molecular complexity index is 1010. The van der Waals surface area contributed by atoms with Gasteiger partial charge in [0.15, 0.2) is 0 Å². The predicted octanol–water partition coefficient (Wildman–Crippen LogP) is 3.58. The smallest absolute Gasteiger partial charge is 0.269 e. The number of nitrogens with zero attached hydrogens (tertiary/aromatic N) is 1. The highest BCUT2D eigenvalue weighted by atomic mass is 19.1. The highest BCUT2D eigenvalue weighted by Crippen LogP contribution is 2.12. The molecule has 0 fully saturated rings. The van der Waals surface area contributed by atoms with Crippen LogP contribution in [0.4, 0.5) is 14.5 Å². The summed E-state index contributed by atoms with van der Waals surface area (Å²) in [6.07, 6.45) is 1.67. The monoisotopic (exact) mass is 381 g/mol. The summed E-state index contributed by atoms with van der Waals surface area (Å²) >= 11 is 0. The molecule has 3 aromatic rings. The maximum absolute atomic E-state index is 13.6. The molecule has 0 aliphatic rings. The lowest BCUT2D eigenvalue weighted by molar-refractivity contribution is 0.0949. The van der Waals surface area contributed by atoms with E-state index in [1.54, 1.807) is 24.3 Å². The van der Waals surface area contributed by atoms with Gasteiger partial charge >= 0.3 is 0 Å². The molecule has 2 amide bonds. The number of rotatable bonds is 6. The third-order valence-corrected chi connectivity index (χ3v) is 3.97. The van der Waals surface area contributed by atoms with Gasteiger partial charge in [0.1, 0.15) is 17.3 Å². The number of carbonyl (C=O) groups is 2. The fourth-order valence-electron chi connectivity index (χ4n) is 2.57. The zero-order valence-electron chi connectivity index (χ0n) is 14.8. The van der Waals surface area contributed by atoms with Gasteiger partial charge in [0, 0.05) is 24.0 Å². The van der Waals surface area contributed by atoms with Crippen LogP contribution in [0.25, 0.3) is 0 Å². The summed E-state index contributed by atoms with van der Waals surface area (Å²) in [6.45, 7) is 0.223. The maximum Gasteiger partial charge on any atom is 0.269 e. The van der Waals surface area contributed by atoms with Crippen LogP contribution in [0, 0.1) is 11.6 Å². The first-order valence-electron chi connectivity index (χ1n) is 8.57. The van der Waals surface area contributed by atoms with Crippen molar-refractivity contribution in [2.75, 3.05) is 11.9 Å². The molecule has 2 aromatic carbocycles. The van der Waals surface area contributed by atoms with Crippen LogP contribution in [0.3, 0.4) is 0 Å². The van der Waals surface area contributed by atoms with E-state index in [0.717, 1.165) is 0 Å². The second-order valence-electron chi connectivity index (χ2n) is 5.99. The van der Waals surface area contributed by atoms with Gasteiger partial charge < -0.3 is 10.6 Å². The molecule has 0 aliphatic carbocycles. The van der Waals surface area contributed by atoms with Crippen LogP contribution in [0.15, 0.2) is 66.9 Å². The number of aromatic nitrogens is 1. The molecule has 0 unspecified atom stereocenters. The molecule has 0 spiro atoms. The Morgan fingerprint density at radius 1 is 0.929 bits per heavy atom. The van der Waals surface area contributed by atoms with Crippen molar-refractivity contribution < 1.29 is 18.4 Å². The first kappa shape index (κ1) is 19.2. The summed E-state index contributed by atoms with van der Waals surface area (Å²) in [4.78, 5) is 28.5. The van der Waals surface area contributed by atoms with E-state index in [0.29, 0.717) is 17.7 Å². The molecule has 0 saturated heterocycles. The quantitative estimate of drug-likeness (QED) is 0.686. The van der Waals surface area contributed by atoms with Crippen molar-refractivity contribution in [1.29, 1.82) is 0 Å². The van der Waals surface area contributed by atoms with Crippen LogP contribution in [-0.4, -0.2) is 23.3 Å². The Morgan fingerprint density at radius 3 is 2.54 bits per heavy atom. The van der Waals surface area contributed by atoms with Crippen molar-refractivity contribution in [1.82, 2.24) is 10.3 Å². The minimum atomic E-state index is -0.492. The lowest BCUT2D eigenvalue weighted by atomic mass is 10.1. The van der Waals surface area contributed by atoms with E-state index in [1.165, 1.54) is 42.6 Å². The molecule has 0 bridgehead atoms. The van der Waals surface area contributed by atoms with E-state index in [9.17, 15) is 18.4 Å². The number of halogens is 2. The number of anilines is 1. The van der Waals surface area contributed by atoms with Crippen LogP contribution in [0.2, 0.25) is 0 Å². The standard InChI is InChI=1S/C21H17F2N3O2/c22-16-5-3-6-17(13-16)26-20(27)15-9-10-24-19(12-15)21(28)25-11-8-14-4-1-2-7-18(14)23/h1-7,9-10,12-13H,8,11H2,(H,25,28)(H,26,27). The lowest BCUT2D eigenvalue weighted by Crippen LogP contribution is -2.27. The van der Waals surface area contributed by atoms with Gasteiger partial charge in [-0.15, -0.1) is 0 Å². The van der Waals surface area contributed by atoms with Crippen molar-refractivity contribution in [2.24, 2.45) is 0 Å². The molecule has 142 valence electrons. The lowest BCUT2D eigenvalue weighted by Gasteiger charge is -2.08. The topological polar surface area (TPSA) is 71.1 Å². The molecule has 0 atom stereocenters. The molecule has 2 N–H and O–H groups in total. The highest BCUT2D eigenvalue weighted by molar-refractivity contribution is 6.05. The molecule has 1 aromatic heterocycles. The van der Waals surface area contributed by atoms with E-state index < -0.39 is 17.6 Å². The van der Waals surface area contributed by atoms with Crippen LogP contribution < -0.4 is 10.6 Å². The Morgan fingerprint density at radius 2 is 1.75 bits per heavy atom. The molecule has 0 aliphatic heterocycles. The Hall–Kier alpha value is -3.61. The number of carbonyl (C=O) groups excluding carboxylic acids is 2. The first-order valence-corrected chi connectivity index (χ1v) is 8.57. The summed E-state index contributed by atoms with van der Waals surface area (Å²) in [6, 6.07) is 14.6. The molecular weight excluding hydrogens is 364 g/mol. The third kappa shape index (κ3) is 4.97. The molecule has 0 saturated carbocycles. The number of hydrogen-bond donors (Lipinski definition) is 2. The molecule has 5 nitrogen and oxygen atoms in total. The van der Waals surface area contributed by atoms with Gasteiger partial charge in [-0.3, -0.25) is 14.6 Å². The Kier molecular flexibility index (Phi) is 6.06.